The maximum atomic E-state index is 12.8. The number of carbonyl (C=O) groups is 2. The van der Waals surface area contributed by atoms with Gasteiger partial charge in [0.1, 0.15) is 0 Å². The molecule has 0 aromatic heterocycles. The first-order valence-corrected chi connectivity index (χ1v) is 7.42. The maximum absolute atomic E-state index is 12.8. The highest BCUT2D eigenvalue weighted by Gasteiger charge is 2.33. The van der Waals surface area contributed by atoms with E-state index in [1.165, 1.54) is 17.0 Å². The summed E-state index contributed by atoms with van der Waals surface area (Å²) < 4.78 is 38.3. The molecule has 0 atom stereocenters. The van der Waals surface area contributed by atoms with Gasteiger partial charge in [0, 0.05) is 16.2 Å². The summed E-state index contributed by atoms with van der Waals surface area (Å²) in [6.07, 6.45) is -4.55. The second-order valence-corrected chi connectivity index (χ2v) is 5.99. The predicted molar refractivity (Wildman–Crippen MR) is 82.1 cm³/mol. The summed E-state index contributed by atoms with van der Waals surface area (Å²) in [5.74, 6) is -1.68. The quantitative estimate of drug-likeness (QED) is 0.774. The van der Waals surface area contributed by atoms with Gasteiger partial charge >= 0.3 is 12.1 Å². The Morgan fingerprint density at radius 3 is 2.39 bits per heavy atom. The number of amides is 1. The third-order valence-corrected chi connectivity index (χ3v) is 3.66. The van der Waals surface area contributed by atoms with Crippen LogP contribution in [0.4, 0.5) is 18.9 Å². The van der Waals surface area contributed by atoms with Gasteiger partial charge in [-0.1, -0.05) is 15.9 Å². The zero-order chi connectivity index (χ0) is 17.8. The molecule has 9 heteroatoms. The molecule has 0 unspecified atom stereocenters. The Labute approximate surface area is 139 Å². The molecule has 1 aromatic rings. The van der Waals surface area contributed by atoms with Crippen LogP contribution in [0.25, 0.3) is 0 Å². The molecule has 2 N–H and O–H groups in total. The van der Waals surface area contributed by atoms with Gasteiger partial charge in [-0.2, -0.15) is 13.2 Å². The molecule has 5 nitrogen and oxygen atoms in total. The minimum atomic E-state index is -4.55. The van der Waals surface area contributed by atoms with Crippen LogP contribution in [0.1, 0.15) is 19.4 Å². The molecule has 1 amide bonds. The summed E-state index contributed by atoms with van der Waals surface area (Å²) in [7, 11) is 0. The lowest BCUT2D eigenvalue weighted by Gasteiger charge is -2.23. The molecule has 0 radical (unpaired) electrons. The second-order valence-electron chi connectivity index (χ2n) is 5.13. The zero-order valence-electron chi connectivity index (χ0n) is 12.4. The molecule has 0 bridgehead atoms. The van der Waals surface area contributed by atoms with Crippen molar-refractivity contribution in [3.63, 3.8) is 0 Å². The molecule has 0 aliphatic rings. The molecule has 128 valence electrons. The van der Waals surface area contributed by atoms with E-state index in [2.05, 4.69) is 21.2 Å². The van der Waals surface area contributed by atoms with Crippen LogP contribution >= 0.6 is 15.9 Å². The van der Waals surface area contributed by atoms with Crippen molar-refractivity contribution in [2.24, 2.45) is 0 Å². The lowest BCUT2D eigenvalue weighted by molar-refractivity contribution is -0.139. The molecular formula is C14H16BrF3N2O3. The average molecular weight is 397 g/mol. The SMILES string of the molecule is CC(C)N(CC(=O)O)CC(=O)Nc1ccc(Br)c(C(F)(F)F)c1. The molecule has 0 fully saturated rings. The van der Waals surface area contributed by atoms with Gasteiger partial charge in [-0.25, -0.2) is 0 Å². The van der Waals surface area contributed by atoms with E-state index >= 15 is 0 Å². The van der Waals surface area contributed by atoms with Gasteiger partial charge in [0.25, 0.3) is 0 Å². The lowest BCUT2D eigenvalue weighted by atomic mass is 10.2. The first kappa shape index (κ1) is 19.4. The van der Waals surface area contributed by atoms with Gasteiger partial charge in [0.05, 0.1) is 18.7 Å². The van der Waals surface area contributed by atoms with Gasteiger partial charge in [-0.05, 0) is 32.0 Å². The molecule has 23 heavy (non-hydrogen) atoms. The number of halogens is 4. The van der Waals surface area contributed by atoms with Gasteiger partial charge in [-0.3, -0.25) is 14.5 Å². The van der Waals surface area contributed by atoms with E-state index in [9.17, 15) is 22.8 Å². The van der Waals surface area contributed by atoms with E-state index in [0.717, 1.165) is 6.07 Å². The maximum Gasteiger partial charge on any atom is 0.417 e. The average Bonchev–Trinajstić information content (AvgIpc) is 2.38. The van der Waals surface area contributed by atoms with Crippen LogP contribution in [0.3, 0.4) is 0 Å². The Morgan fingerprint density at radius 1 is 1.30 bits per heavy atom. The number of anilines is 1. The molecule has 0 spiro atoms. The minimum Gasteiger partial charge on any atom is -0.480 e. The van der Waals surface area contributed by atoms with Crippen LogP contribution in [0.15, 0.2) is 22.7 Å². The molecule has 0 heterocycles. The Bertz CT molecular complexity index is 591. The Kier molecular flexibility index (Phi) is 6.57. The summed E-state index contributed by atoms with van der Waals surface area (Å²) in [5, 5.41) is 11.1. The number of carbonyl (C=O) groups excluding carboxylic acids is 1. The molecule has 0 aliphatic heterocycles. The van der Waals surface area contributed by atoms with Crippen LogP contribution in [0.5, 0.6) is 0 Å². The minimum absolute atomic E-state index is 0.00967. The van der Waals surface area contributed by atoms with Crippen LogP contribution < -0.4 is 5.32 Å². The number of aliphatic carboxylic acids is 1. The first-order chi connectivity index (χ1) is 10.5. The van der Waals surface area contributed by atoms with Gasteiger partial charge in [-0.15, -0.1) is 0 Å². The molecule has 0 aliphatic carbocycles. The van der Waals surface area contributed by atoms with Crippen molar-refractivity contribution in [1.29, 1.82) is 0 Å². The van der Waals surface area contributed by atoms with Crippen molar-refractivity contribution in [3.8, 4) is 0 Å². The van der Waals surface area contributed by atoms with Crippen molar-refractivity contribution in [2.45, 2.75) is 26.1 Å². The smallest absolute Gasteiger partial charge is 0.417 e. The number of alkyl halides is 3. The van der Waals surface area contributed by atoms with Gasteiger partial charge in [0.2, 0.25) is 5.91 Å². The lowest BCUT2D eigenvalue weighted by Crippen LogP contribution is -2.41. The number of carboxylic acid groups (broad SMARTS) is 1. The predicted octanol–water partition coefficient (Wildman–Crippen LogP) is 3.20. The van der Waals surface area contributed by atoms with Gasteiger partial charge < -0.3 is 10.4 Å². The van der Waals surface area contributed by atoms with E-state index in [-0.39, 0.29) is 29.3 Å². The molecule has 1 rings (SSSR count). The third kappa shape index (κ3) is 6.19. The molecule has 1 aromatic carbocycles. The highest BCUT2D eigenvalue weighted by Crippen LogP contribution is 2.36. The summed E-state index contributed by atoms with van der Waals surface area (Å²) in [5.41, 5.74) is -0.911. The van der Waals surface area contributed by atoms with Crippen molar-refractivity contribution >= 4 is 33.5 Å². The van der Waals surface area contributed by atoms with E-state index in [1.54, 1.807) is 13.8 Å². The van der Waals surface area contributed by atoms with E-state index in [1.807, 2.05) is 0 Å². The highest BCUT2D eigenvalue weighted by atomic mass is 79.9. The number of nitrogens with one attached hydrogen (secondary N) is 1. The van der Waals surface area contributed by atoms with E-state index < -0.39 is 23.6 Å². The summed E-state index contributed by atoms with van der Waals surface area (Å²) in [6.45, 7) is 2.87. The molecule has 0 saturated heterocycles. The van der Waals surface area contributed by atoms with Crippen LogP contribution in [-0.2, 0) is 15.8 Å². The van der Waals surface area contributed by atoms with Crippen LogP contribution in [0.2, 0.25) is 0 Å². The zero-order valence-corrected chi connectivity index (χ0v) is 14.0. The standard InChI is InChI=1S/C14H16BrF3N2O3/c1-8(2)20(7-13(22)23)6-12(21)19-9-3-4-11(15)10(5-9)14(16,17)18/h3-5,8H,6-7H2,1-2H3,(H,19,21)(H,22,23). The number of hydrogen-bond donors (Lipinski definition) is 2. The monoisotopic (exact) mass is 396 g/mol. The van der Waals surface area contributed by atoms with E-state index in [0.29, 0.717) is 0 Å². The second kappa shape index (κ2) is 7.78. The Balaban J connectivity index is 2.83. The highest BCUT2D eigenvalue weighted by molar-refractivity contribution is 9.10. The number of hydrogen-bond acceptors (Lipinski definition) is 3. The van der Waals surface area contributed by atoms with Gasteiger partial charge in [0.15, 0.2) is 0 Å². The van der Waals surface area contributed by atoms with Crippen molar-refractivity contribution in [1.82, 2.24) is 4.90 Å². The number of rotatable bonds is 6. The topological polar surface area (TPSA) is 69.6 Å². The molecule has 0 saturated carbocycles. The van der Waals surface area contributed by atoms with Crippen molar-refractivity contribution in [2.75, 3.05) is 18.4 Å². The third-order valence-electron chi connectivity index (χ3n) is 2.97. The fourth-order valence-corrected chi connectivity index (χ4v) is 2.27. The first-order valence-electron chi connectivity index (χ1n) is 6.63. The number of carboxylic acids is 1. The summed E-state index contributed by atoms with van der Waals surface area (Å²) in [6, 6.07) is 3.13. The van der Waals surface area contributed by atoms with Crippen LogP contribution in [0, 0.1) is 0 Å². The van der Waals surface area contributed by atoms with Crippen LogP contribution in [-0.4, -0.2) is 41.0 Å². The fourth-order valence-electron chi connectivity index (χ4n) is 1.80. The van der Waals surface area contributed by atoms with Crippen molar-refractivity contribution < 1.29 is 27.9 Å². The largest absolute Gasteiger partial charge is 0.480 e. The Hall–Kier alpha value is -1.61. The normalized spacial score (nSPS) is 11.8. The number of nitrogens with zero attached hydrogens (tertiary/aromatic N) is 1. The number of benzene rings is 1. The van der Waals surface area contributed by atoms with Crippen molar-refractivity contribution in [3.05, 3.63) is 28.2 Å². The Morgan fingerprint density at radius 2 is 1.91 bits per heavy atom. The fraction of sp³-hybridized carbons (Fsp3) is 0.429. The summed E-state index contributed by atoms with van der Waals surface area (Å²) in [4.78, 5) is 24.0. The summed E-state index contributed by atoms with van der Waals surface area (Å²) >= 11 is 2.81. The molecular weight excluding hydrogens is 381 g/mol. The van der Waals surface area contributed by atoms with E-state index in [4.69, 9.17) is 5.11 Å².